The standard InChI is InChI=1S/C24H26N2O7/c1-5-31-20-14-17(26-24(28)19-11-8-12-33-19)21(32-6-2)13-16(20)25-23(27)15-9-7-10-18(29-3)22(15)30-4/h7-14H,5-6H2,1-4H3,(H,25,27)(H,26,28). The van der Waals surface area contributed by atoms with E-state index in [2.05, 4.69) is 10.6 Å². The fraction of sp³-hybridized carbons (Fsp3) is 0.250. The van der Waals surface area contributed by atoms with Gasteiger partial charge in [-0.2, -0.15) is 0 Å². The zero-order valence-corrected chi connectivity index (χ0v) is 18.9. The van der Waals surface area contributed by atoms with Crippen molar-refractivity contribution in [2.24, 2.45) is 0 Å². The minimum absolute atomic E-state index is 0.151. The second kappa shape index (κ2) is 10.9. The summed E-state index contributed by atoms with van der Waals surface area (Å²) in [6, 6.07) is 11.4. The molecule has 0 atom stereocenters. The number of para-hydroxylation sites is 1. The van der Waals surface area contributed by atoms with Gasteiger partial charge in [-0.1, -0.05) is 6.07 Å². The van der Waals surface area contributed by atoms with Gasteiger partial charge in [0.05, 0.1) is 50.6 Å². The van der Waals surface area contributed by atoms with Crippen molar-refractivity contribution in [3.8, 4) is 23.0 Å². The number of nitrogens with one attached hydrogen (secondary N) is 2. The van der Waals surface area contributed by atoms with Crippen molar-refractivity contribution in [3.05, 3.63) is 60.1 Å². The molecule has 9 nitrogen and oxygen atoms in total. The van der Waals surface area contributed by atoms with E-state index in [1.54, 1.807) is 42.5 Å². The number of carbonyl (C=O) groups is 2. The molecule has 174 valence electrons. The first-order valence-electron chi connectivity index (χ1n) is 10.3. The molecule has 2 aromatic carbocycles. The van der Waals surface area contributed by atoms with E-state index in [4.69, 9.17) is 23.4 Å². The summed E-state index contributed by atoms with van der Waals surface area (Å²) in [6.07, 6.45) is 1.41. The summed E-state index contributed by atoms with van der Waals surface area (Å²) in [5.41, 5.74) is 1.03. The van der Waals surface area contributed by atoms with Gasteiger partial charge in [0.15, 0.2) is 17.3 Å². The summed E-state index contributed by atoms with van der Waals surface area (Å²) < 4.78 is 27.2. The molecule has 33 heavy (non-hydrogen) atoms. The van der Waals surface area contributed by atoms with Crippen LogP contribution in [0.5, 0.6) is 23.0 Å². The molecule has 1 heterocycles. The molecule has 0 saturated carbocycles. The molecule has 0 spiro atoms. The number of ether oxygens (including phenoxy) is 4. The first-order valence-corrected chi connectivity index (χ1v) is 10.3. The number of carbonyl (C=O) groups excluding carboxylic acids is 2. The number of benzene rings is 2. The van der Waals surface area contributed by atoms with Gasteiger partial charge in [0, 0.05) is 12.1 Å². The van der Waals surface area contributed by atoms with Crippen LogP contribution in [0.15, 0.2) is 53.1 Å². The summed E-state index contributed by atoms with van der Waals surface area (Å²) >= 11 is 0. The first-order chi connectivity index (χ1) is 16.0. The average Bonchev–Trinajstić information content (AvgIpc) is 3.36. The van der Waals surface area contributed by atoms with E-state index in [0.717, 1.165) is 0 Å². The zero-order valence-electron chi connectivity index (χ0n) is 18.9. The van der Waals surface area contributed by atoms with Crippen LogP contribution in [-0.4, -0.2) is 39.2 Å². The lowest BCUT2D eigenvalue weighted by molar-refractivity contribution is 0.0993. The average molecular weight is 454 g/mol. The van der Waals surface area contributed by atoms with Gasteiger partial charge in [-0.25, -0.2) is 0 Å². The van der Waals surface area contributed by atoms with Crippen LogP contribution in [0.2, 0.25) is 0 Å². The Bertz CT molecular complexity index is 1110. The van der Waals surface area contributed by atoms with E-state index in [9.17, 15) is 9.59 Å². The fourth-order valence-electron chi connectivity index (χ4n) is 3.15. The third-order valence-electron chi connectivity index (χ3n) is 4.57. The SMILES string of the molecule is CCOc1cc(NC(=O)c2cccc(OC)c2OC)c(OCC)cc1NC(=O)c1ccco1. The summed E-state index contributed by atoms with van der Waals surface area (Å²) in [5, 5.41) is 5.59. The van der Waals surface area contributed by atoms with E-state index in [0.29, 0.717) is 47.6 Å². The van der Waals surface area contributed by atoms with Gasteiger partial charge in [0.2, 0.25) is 0 Å². The Morgan fingerprint density at radius 1 is 0.818 bits per heavy atom. The lowest BCUT2D eigenvalue weighted by atomic mass is 10.1. The van der Waals surface area contributed by atoms with Gasteiger partial charge < -0.3 is 34.0 Å². The highest BCUT2D eigenvalue weighted by atomic mass is 16.5. The largest absolute Gasteiger partial charge is 0.493 e. The van der Waals surface area contributed by atoms with Crippen LogP contribution in [0.25, 0.3) is 0 Å². The van der Waals surface area contributed by atoms with E-state index >= 15 is 0 Å². The predicted octanol–water partition coefficient (Wildman–Crippen LogP) is 4.60. The number of hydrogen-bond acceptors (Lipinski definition) is 7. The molecule has 0 fully saturated rings. The molecule has 0 radical (unpaired) electrons. The Hall–Kier alpha value is -4.14. The summed E-state index contributed by atoms with van der Waals surface area (Å²) in [4.78, 5) is 25.6. The molecule has 2 amide bonds. The van der Waals surface area contributed by atoms with Gasteiger partial charge in [-0.05, 0) is 38.1 Å². The zero-order chi connectivity index (χ0) is 23.8. The van der Waals surface area contributed by atoms with Crippen LogP contribution >= 0.6 is 0 Å². The van der Waals surface area contributed by atoms with E-state index in [1.165, 1.54) is 20.5 Å². The molecule has 1 aromatic heterocycles. The Morgan fingerprint density at radius 3 is 1.97 bits per heavy atom. The minimum atomic E-state index is -0.443. The van der Waals surface area contributed by atoms with E-state index < -0.39 is 11.8 Å². The third kappa shape index (κ3) is 5.38. The van der Waals surface area contributed by atoms with E-state index in [-0.39, 0.29) is 11.3 Å². The minimum Gasteiger partial charge on any atom is -0.493 e. The van der Waals surface area contributed by atoms with Crippen LogP contribution in [0, 0.1) is 0 Å². The molecule has 0 aliphatic heterocycles. The number of furan rings is 1. The molecule has 0 aliphatic rings. The summed E-state index contributed by atoms with van der Waals surface area (Å²) in [5.74, 6) is 0.726. The number of amides is 2. The molecule has 0 unspecified atom stereocenters. The lowest BCUT2D eigenvalue weighted by Crippen LogP contribution is -2.16. The number of hydrogen-bond donors (Lipinski definition) is 2. The van der Waals surface area contributed by atoms with Crippen molar-refractivity contribution in [1.82, 2.24) is 0 Å². The maximum atomic E-state index is 13.1. The summed E-state index contributed by atoms with van der Waals surface area (Å²) in [7, 11) is 2.96. The molecule has 3 rings (SSSR count). The van der Waals surface area contributed by atoms with Crippen molar-refractivity contribution in [1.29, 1.82) is 0 Å². The fourth-order valence-corrected chi connectivity index (χ4v) is 3.15. The lowest BCUT2D eigenvalue weighted by Gasteiger charge is -2.18. The van der Waals surface area contributed by atoms with Gasteiger partial charge >= 0.3 is 0 Å². The van der Waals surface area contributed by atoms with Crippen LogP contribution in [-0.2, 0) is 0 Å². The molecule has 0 bridgehead atoms. The van der Waals surface area contributed by atoms with Crippen LogP contribution < -0.4 is 29.6 Å². The highest BCUT2D eigenvalue weighted by Gasteiger charge is 2.21. The quantitative estimate of drug-likeness (QED) is 0.461. The van der Waals surface area contributed by atoms with Crippen molar-refractivity contribution < 1.29 is 33.0 Å². The van der Waals surface area contributed by atoms with Gasteiger partial charge in [-0.15, -0.1) is 0 Å². The number of methoxy groups -OCH3 is 2. The van der Waals surface area contributed by atoms with Crippen molar-refractivity contribution in [2.45, 2.75) is 13.8 Å². The second-order valence-electron chi connectivity index (χ2n) is 6.64. The molecular weight excluding hydrogens is 428 g/mol. The topological polar surface area (TPSA) is 108 Å². The van der Waals surface area contributed by atoms with Gasteiger partial charge in [-0.3, -0.25) is 9.59 Å². The smallest absolute Gasteiger partial charge is 0.291 e. The third-order valence-corrected chi connectivity index (χ3v) is 4.57. The normalized spacial score (nSPS) is 10.3. The second-order valence-corrected chi connectivity index (χ2v) is 6.64. The molecular formula is C24H26N2O7. The van der Waals surface area contributed by atoms with Crippen molar-refractivity contribution in [3.63, 3.8) is 0 Å². The van der Waals surface area contributed by atoms with Crippen molar-refractivity contribution >= 4 is 23.2 Å². The number of rotatable bonds is 10. The van der Waals surface area contributed by atoms with Crippen LogP contribution in [0.4, 0.5) is 11.4 Å². The first kappa shape index (κ1) is 23.5. The molecule has 0 aliphatic carbocycles. The number of anilines is 2. The molecule has 9 heteroatoms. The Balaban J connectivity index is 1.96. The van der Waals surface area contributed by atoms with E-state index in [1.807, 2.05) is 13.8 Å². The monoisotopic (exact) mass is 454 g/mol. The Kier molecular flexibility index (Phi) is 7.80. The molecule has 2 N–H and O–H groups in total. The Morgan fingerprint density at radius 2 is 1.45 bits per heavy atom. The van der Waals surface area contributed by atoms with Crippen molar-refractivity contribution in [2.75, 3.05) is 38.1 Å². The van der Waals surface area contributed by atoms with Crippen LogP contribution in [0.1, 0.15) is 34.8 Å². The maximum Gasteiger partial charge on any atom is 0.291 e. The van der Waals surface area contributed by atoms with Gasteiger partial charge in [0.25, 0.3) is 11.8 Å². The highest BCUT2D eigenvalue weighted by Crippen LogP contribution is 2.38. The predicted molar refractivity (Wildman–Crippen MR) is 123 cm³/mol. The highest BCUT2D eigenvalue weighted by molar-refractivity contribution is 6.08. The van der Waals surface area contributed by atoms with Crippen LogP contribution in [0.3, 0.4) is 0 Å². The van der Waals surface area contributed by atoms with Gasteiger partial charge in [0.1, 0.15) is 11.5 Å². The molecule has 3 aromatic rings. The Labute approximate surface area is 191 Å². The molecule has 0 saturated heterocycles. The maximum absolute atomic E-state index is 13.1. The summed E-state index contributed by atoms with van der Waals surface area (Å²) in [6.45, 7) is 4.31.